The van der Waals surface area contributed by atoms with Gasteiger partial charge in [-0.25, -0.2) is 0 Å². The minimum Gasteiger partial charge on any atom is -0.382 e. The number of nitrogens with one attached hydrogen (secondary N) is 1. The molecular weight excluding hydrogens is 228 g/mol. The van der Waals surface area contributed by atoms with E-state index in [0.29, 0.717) is 16.4 Å². The lowest BCUT2D eigenvalue weighted by molar-refractivity contribution is 1.11. The Hall–Kier alpha value is -2.08. The summed E-state index contributed by atoms with van der Waals surface area (Å²) in [7, 11) is 0. The fourth-order valence-corrected chi connectivity index (χ4v) is 1.21. The van der Waals surface area contributed by atoms with Gasteiger partial charge >= 0.3 is 0 Å². The molecular formula is C9H9ClN6. The van der Waals surface area contributed by atoms with Gasteiger partial charge in [-0.3, -0.25) is 5.10 Å². The third kappa shape index (κ3) is 2.12. The zero-order valence-electron chi connectivity index (χ0n) is 8.18. The number of anilines is 2. The first kappa shape index (κ1) is 10.4. The van der Waals surface area contributed by atoms with Gasteiger partial charge in [-0.2, -0.15) is 10.2 Å². The maximum Gasteiger partial charge on any atom is 0.175 e. The number of hydrogen-bond donors (Lipinski definition) is 3. The zero-order chi connectivity index (χ0) is 11.5. The SMILES string of the molecule is Nc1n[nH]c(N)c1N=Nc1ccc(Cl)cc1. The maximum atomic E-state index is 5.73. The van der Waals surface area contributed by atoms with Crippen molar-refractivity contribution in [2.24, 2.45) is 10.2 Å². The number of nitrogens with two attached hydrogens (primary N) is 2. The zero-order valence-corrected chi connectivity index (χ0v) is 8.94. The van der Waals surface area contributed by atoms with Gasteiger partial charge < -0.3 is 11.5 Å². The molecule has 0 unspecified atom stereocenters. The van der Waals surface area contributed by atoms with Crippen LogP contribution in [0.25, 0.3) is 0 Å². The molecule has 0 saturated heterocycles. The van der Waals surface area contributed by atoms with Crippen molar-refractivity contribution in [3.05, 3.63) is 29.3 Å². The first-order valence-electron chi connectivity index (χ1n) is 4.43. The van der Waals surface area contributed by atoms with E-state index in [0.717, 1.165) is 0 Å². The molecule has 0 atom stereocenters. The second-order valence-electron chi connectivity index (χ2n) is 3.05. The first-order valence-corrected chi connectivity index (χ1v) is 4.81. The Morgan fingerprint density at radius 1 is 1.12 bits per heavy atom. The molecule has 2 rings (SSSR count). The lowest BCUT2D eigenvalue weighted by Crippen LogP contribution is -1.84. The summed E-state index contributed by atoms with van der Waals surface area (Å²) >= 11 is 5.73. The number of rotatable bonds is 2. The number of nitrogens with zero attached hydrogens (tertiary/aromatic N) is 3. The highest BCUT2D eigenvalue weighted by Crippen LogP contribution is 2.28. The van der Waals surface area contributed by atoms with Crippen LogP contribution in [0.4, 0.5) is 23.0 Å². The van der Waals surface area contributed by atoms with E-state index >= 15 is 0 Å². The molecule has 0 aliphatic heterocycles. The second kappa shape index (κ2) is 4.19. The molecule has 0 spiro atoms. The molecule has 0 amide bonds. The predicted octanol–water partition coefficient (Wildman–Crippen LogP) is 2.64. The van der Waals surface area contributed by atoms with Crippen molar-refractivity contribution in [3.8, 4) is 0 Å². The second-order valence-corrected chi connectivity index (χ2v) is 3.48. The quantitative estimate of drug-likeness (QED) is 0.698. The van der Waals surface area contributed by atoms with Crippen molar-refractivity contribution in [2.45, 2.75) is 0 Å². The van der Waals surface area contributed by atoms with E-state index in [1.54, 1.807) is 24.3 Å². The van der Waals surface area contributed by atoms with Crippen LogP contribution in [0, 0.1) is 0 Å². The molecule has 82 valence electrons. The van der Waals surface area contributed by atoms with Crippen LogP contribution in [-0.2, 0) is 0 Å². The Bertz CT molecular complexity index is 496. The Balaban J connectivity index is 2.24. The Morgan fingerprint density at radius 3 is 2.38 bits per heavy atom. The van der Waals surface area contributed by atoms with Crippen molar-refractivity contribution >= 4 is 34.6 Å². The molecule has 7 heteroatoms. The van der Waals surface area contributed by atoms with Crippen molar-refractivity contribution in [1.82, 2.24) is 10.2 Å². The summed E-state index contributed by atoms with van der Waals surface area (Å²) in [5, 5.41) is 14.7. The monoisotopic (exact) mass is 236 g/mol. The molecule has 16 heavy (non-hydrogen) atoms. The van der Waals surface area contributed by atoms with Crippen LogP contribution >= 0.6 is 11.6 Å². The van der Waals surface area contributed by atoms with E-state index in [2.05, 4.69) is 20.4 Å². The van der Waals surface area contributed by atoms with Gasteiger partial charge in [0.15, 0.2) is 11.5 Å². The highest BCUT2D eigenvalue weighted by molar-refractivity contribution is 6.30. The van der Waals surface area contributed by atoms with Crippen molar-refractivity contribution in [3.63, 3.8) is 0 Å². The number of azo groups is 1. The van der Waals surface area contributed by atoms with Crippen LogP contribution < -0.4 is 11.5 Å². The van der Waals surface area contributed by atoms with Gasteiger partial charge in [-0.05, 0) is 24.3 Å². The van der Waals surface area contributed by atoms with E-state index in [-0.39, 0.29) is 11.6 Å². The highest BCUT2D eigenvalue weighted by Gasteiger charge is 2.05. The van der Waals surface area contributed by atoms with E-state index in [4.69, 9.17) is 23.1 Å². The maximum absolute atomic E-state index is 5.73. The average molecular weight is 237 g/mol. The molecule has 1 aromatic carbocycles. The van der Waals surface area contributed by atoms with Gasteiger partial charge in [0, 0.05) is 5.02 Å². The number of aromatic amines is 1. The highest BCUT2D eigenvalue weighted by atomic mass is 35.5. The van der Waals surface area contributed by atoms with E-state index < -0.39 is 0 Å². The summed E-state index contributed by atoms with van der Waals surface area (Å²) in [6, 6.07) is 6.91. The molecule has 1 heterocycles. The Morgan fingerprint density at radius 2 is 1.81 bits per heavy atom. The van der Waals surface area contributed by atoms with E-state index in [9.17, 15) is 0 Å². The Labute approximate surface area is 96.3 Å². The molecule has 0 aliphatic carbocycles. The molecule has 0 fully saturated rings. The summed E-state index contributed by atoms with van der Waals surface area (Å²) in [6.45, 7) is 0. The van der Waals surface area contributed by atoms with Gasteiger partial charge in [0.05, 0.1) is 5.69 Å². The molecule has 5 N–H and O–H groups in total. The molecule has 0 aliphatic rings. The van der Waals surface area contributed by atoms with Crippen molar-refractivity contribution < 1.29 is 0 Å². The lowest BCUT2D eigenvalue weighted by atomic mass is 10.3. The number of nitrogen functional groups attached to an aromatic ring is 2. The number of benzene rings is 1. The predicted molar refractivity (Wildman–Crippen MR) is 63.0 cm³/mol. The first-order chi connectivity index (χ1) is 7.66. The minimum atomic E-state index is 0.218. The molecule has 0 radical (unpaired) electrons. The van der Waals surface area contributed by atoms with E-state index in [1.165, 1.54) is 0 Å². The number of H-pyrrole nitrogens is 1. The summed E-state index contributed by atoms with van der Waals surface area (Å²) in [5.74, 6) is 0.505. The number of halogens is 1. The number of aromatic nitrogens is 2. The van der Waals surface area contributed by atoms with E-state index in [1.807, 2.05) is 0 Å². The molecule has 2 aromatic rings. The average Bonchev–Trinajstić information content (AvgIpc) is 2.59. The Kier molecular flexibility index (Phi) is 2.74. The van der Waals surface area contributed by atoms with Crippen LogP contribution in [0.15, 0.2) is 34.5 Å². The van der Waals surface area contributed by atoms with Crippen LogP contribution in [-0.4, -0.2) is 10.2 Å². The van der Waals surface area contributed by atoms with Crippen LogP contribution in [0.5, 0.6) is 0 Å². The lowest BCUT2D eigenvalue weighted by Gasteiger charge is -1.93. The summed E-state index contributed by atoms with van der Waals surface area (Å²) in [5.41, 5.74) is 12.1. The fraction of sp³-hybridized carbons (Fsp3) is 0. The molecule has 0 bridgehead atoms. The largest absolute Gasteiger partial charge is 0.382 e. The van der Waals surface area contributed by atoms with Gasteiger partial charge in [-0.15, -0.1) is 5.11 Å². The summed E-state index contributed by atoms with van der Waals surface area (Å²) < 4.78 is 0. The fourth-order valence-electron chi connectivity index (χ4n) is 1.08. The minimum absolute atomic E-state index is 0.218. The van der Waals surface area contributed by atoms with Gasteiger partial charge in [0.1, 0.15) is 5.82 Å². The van der Waals surface area contributed by atoms with Crippen LogP contribution in [0.3, 0.4) is 0 Å². The normalized spacial score (nSPS) is 11.1. The molecule has 0 saturated carbocycles. The van der Waals surface area contributed by atoms with Crippen LogP contribution in [0.1, 0.15) is 0 Å². The smallest absolute Gasteiger partial charge is 0.175 e. The third-order valence-corrected chi connectivity index (χ3v) is 2.14. The molecule has 6 nitrogen and oxygen atoms in total. The van der Waals surface area contributed by atoms with Crippen molar-refractivity contribution in [2.75, 3.05) is 11.5 Å². The van der Waals surface area contributed by atoms with Gasteiger partial charge in [0.25, 0.3) is 0 Å². The molecule has 1 aromatic heterocycles. The van der Waals surface area contributed by atoms with Gasteiger partial charge in [-0.1, -0.05) is 11.6 Å². The summed E-state index contributed by atoms with van der Waals surface area (Å²) in [6.07, 6.45) is 0. The third-order valence-electron chi connectivity index (χ3n) is 1.89. The number of hydrogen-bond acceptors (Lipinski definition) is 5. The topological polar surface area (TPSA) is 105 Å². The standard InChI is InChI=1S/C9H9ClN6/c10-5-1-3-6(4-2-5)13-14-7-8(11)15-16-9(7)12/h1-4H,(H5,11,12,15,16). The van der Waals surface area contributed by atoms with Crippen LogP contribution in [0.2, 0.25) is 5.02 Å². The van der Waals surface area contributed by atoms with Crippen molar-refractivity contribution in [1.29, 1.82) is 0 Å². The summed E-state index contributed by atoms with van der Waals surface area (Å²) in [4.78, 5) is 0. The van der Waals surface area contributed by atoms with Gasteiger partial charge in [0.2, 0.25) is 0 Å².